The molecule has 1 rings (SSSR count). The molecule has 0 heterocycles. The molecule has 21 heavy (non-hydrogen) atoms. The van der Waals surface area contributed by atoms with E-state index >= 15 is 0 Å². The van der Waals surface area contributed by atoms with Gasteiger partial charge in [0.15, 0.2) is 0 Å². The average Bonchev–Trinajstić information content (AvgIpc) is 2.43. The Kier molecular flexibility index (Phi) is 9.73. The summed E-state index contributed by atoms with van der Waals surface area (Å²) in [4.78, 5) is 0. The van der Waals surface area contributed by atoms with Gasteiger partial charge in [0.05, 0.1) is 0 Å². The Labute approximate surface area is 135 Å². The fourth-order valence-corrected chi connectivity index (χ4v) is 2.54. The first kappa shape index (κ1) is 18.5. The quantitative estimate of drug-likeness (QED) is 0.605. The second-order valence-electron chi connectivity index (χ2n) is 6.16. The summed E-state index contributed by atoms with van der Waals surface area (Å²) < 4.78 is 5.74. The van der Waals surface area contributed by atoms with Crippen molar-refractivity contribution in [1.29, 1.82) is 0 Å². The second-order valence-corrected chi connectivity index (χ2v) is 6.60. The molecule has 1 N–H and O–H groups in total. The SMILES string of the molecule is CCCNCC(CCOCC(C)C)Cc1cccc(Cl)c1. The summed E-state index contributed by atoms with van der Waals surface area (Å²) in [5, 5.41) is 4.35. The van der Waals surface area contributed by atoms with Crippen molar-refractivity contribution < 1.29 is 4.74 Å². The topological polar surface area (TPSA) is 21.3 Å². The first-order valence-corrected chi connectivity index (χ1v) is 8.52. The van der Waals surface area contributed by atoms with Crippen molar-refractivity contribution in [2.24, 2.45) is 11.8 Å². The van der Waals surface area contributed by atoms with E-state index in [0.29, 0.717) is 11.8 Å². The fourth-order valence-electron chi connectivity index (χ4n) is 2.33. The van der Waals surface area contributed by atoms with Crippen LogP contribution in [0, 0.1) is 11.8 Å². The van der Waals surface area contributed by atoms with Crippen LogP contribution in [0.4, 0.5) is 0 Å². The Hall–Kier alpha value is -0.570. The van der Waals surface area contributed by atoms with Crippen LogP contribution >= 0.6 is 11.6 Å². The van der Waals surface area contributed by atoms with E-state index < -0.39 is 0 Å². The minimum absolute atomic E-state index is 0.599. The molecular formula is C18H30ClNO. The number of rotatable bonds is 11. The predicted octanol–water partition coefficient (Wildman–Crippen LogP) is 4.56. The maximum absolute atomic E-state index is 6.08. The summed E-state index contributed by atoms with van der Waals surface area (Å²) in [5.41, 5.74) is 1.31. The lowest BCUT2D eigenvalue weighted by atomic mass is 9.96. The van der Waals surface area contributed by atoms with E-state index in [9.17, 15) is 0 Å². The normalized spacial score (nSPS) is 12.8. The molecule has 3 heteroatoms. The standard InChI is InChI=1S/C18H30ClNO/c1-4-9-20-13-17(8-10-21-14-15(2)3)11-16-6-5-7-18(19)12-16/h5-7,12,15,17,20H,4,8-11,13-14H2,1-3H3. The van der Waals surface area contributed by atoms with Crippen molar-refractivity contribution in [3.8, 4) is 0 Å². The number of hydrogen-bond acceptors (Lipinski definition) is 2. The zero-order valence-electron chi connectivity index (χ0n) is 13.7. The maximum Gasteiger partial charge on any atom is 0.0488 e. The van der Waals surface area contributed by atoms with Gasteiger partial charge in [-0.2, -0.15) is 0 Å². The third kappa shape index (κ3) is 9.13. The third-order valence-corrected chi connectivity index (χ3v) is 3.63. The molecule has 1 unspecified atom stereocenters. The van der Waals surface area contributed by atoms with Gasteiger partial charge in [-0.15, -0.1) is 0 Å². The summed E-state index contributed by atoms with van der Waals surface area (Å²) in [6.07, 6.45) is 3.33. The van der Waals surface area contributed by atoms with E-state index in [-0.39, 0.29) is 0 Å². The van der Waals surface area contributed by atoms with Gasteiger partial charge < -0.3 is 10.1 Å². The lowest BCUT2D eigenvalue weighted by molar-refractivity contribution is 0.0976. The largest absolute Gasteiger partial charge is 0.381 e. The number of nitrogens with one attached hydrogen (secondary N) is 1. The minimum Gasteiger partial charge on any atom is -0.381 e. The summed E-state index contributed by atoms with van der Waals surface area (Å²) >= 11 is 6.08. The zero-order valence-corrected chi connectivity index (χ0v) is 14.5. The van der Waals surface area contributed by atoms with Crippen molar-refractivity contribution in [1.82, 2.24) is 5.32 Å². The van der Waals surface area contributed by atoms with E-state index in [1.54, 1.807) is 0 Å². The fraction of sp³-hybridized carbons (Fsp3) is 0.667. The van der Waals surface area contributed by atoms with Gasteiger partial charge in [0.1, 0.15) is 0 Å². The molecule has 0 aliphatic heterocycles. The zero-order chi connectivity index (χ0) is 15.5. The van der Waals surface area contributed by atoms with Gasteiger partial charge in [-0.05, 0) is 61.9 Å². The van der Waals surface area contributed by atoms with Crippen molar-refractivity contribution in [3.63, 3.8) is 0 Å². The molecule has 0 amide bonds. The van der Waals surface area contributed by atoms with Gasteiger partial charge in [0.2, 0.25) is 0 Å². The molecule has 1 atom stereocenters. The van der Waals surface area contributed by atoms with Crippen LogP contribution in [-0.4, -0.2) is 26.3 Å². The molecule has 1 aromatic carbocycles. The summed E-state index contributed by atoms with van der Waals surface area (Å²) in [5.74, 6) is 1.21. The molecule has 0 aliphatic carbocycles. The summed E-state index contributed by atoms with van der Waals surface area (Å²) in [6.45, 7) is 10.4. The van der Waals surface area contributed by atoms with Crippen molar-refractivity contribution in [2.45, 2.75) is 40.0 Å². The molecule has 0 spiro atoms. The highest BCUT2D eigenvalue weighted by Crippen LogP contribution is 2.16. The molecule has 0 aliphatic rings. The second kappa shape index (κ2) is 11.1. The van der Waals surface area contributed by atoms with Gasteiger partial charge in [-0.25, -0.2) is 0 Å². The van der Waals surface area contributed by atoms with Gasteiger partial charge in [-0.1, -0.05) is 44.5 Å². The van der Waals surface area contributed by atoms with Crippen LogP contribution < -0.4 is 5.32 Å². The van der Waals surface area contributed by atoms with Gasteiger partial charge >= 0.3 is 0 Å². The molecule has 0 aromatic heterocycles. The van der Waals surface area contributed by atoms with Gasteiger partial charge in [-0.3, -0.25) is 0 Å². The number of hydrogen-bond donors (Lipinski definition) is 1. The molecule has 0 saturated carbocycles. The van der Waals surface area contributed by atoms with Gasteiger partial charge in [0, 0.05) is 18.2 Å². The minimum atomic E-state index is 0.599. The molecule has 0 saturated heterocycles. The molecular weight excluding hydrogens is 282 g/mol. The first-order valence-electron chi connectivity index (χ1n) is 8.14. The summed E-state index contributed by atoms with van der Waals surface area (Å²) in [6, 6.07) is 8.20. The summed E-state index contributed by atoms with van der Waals surface area (Å²) in [7, 11) is 0. The molecule has 0 fully saturated rings. The highest BCUT2D eigenvalue weighted by atomic mass is 35.5. The molecule has 120 valence electrons. The Morgan fingerprint density at radius 2 is 2.10 bits per heavy atom. The Bertz CT molecular complexity index is 381. The monoisotopic (exact) mass is 311 g/mol. The van der Waals surface area contributed by atoms with Crippen LogP contribution in [0.2, 0.25) is 5.02 Å². The molecule has 2 nitrogen and oxygen atoms in total. The van der Waals surface area contributed by atoms with Crippen molar-refractivity contribution >= 4 is 11.6 Å². The van der Waals surface area contributed by atoms with Crippen molar-refractivity contribution in [3.05, 3.63) is 34.9 Å². The molecule has 0 bridgehead atoms. The average molecular weight is 312 g/mol. The third-order valence-electron chi connectivity index (χ3n) is 3.39. The predicted molar refractivity (Wildman–Crippen MR) is 92.1 cm³/mol. The van der Waals surface area contributed by atoms with Crippen LogP contribution in [0.25, 0.3) is 0 Å². The number of halogens is 1. The Balaban J connectivity index is 2.43. The molecule has 0 radical (unpaired) electrons. The first-order chi connectivity index (χ1) is 10.1. The smallest absolute Gasteiger partial charge is 0.0488 e. The van der Waals surface area contributed by atoms with Crippen LogP contribution in [0.1, 0.15) is 39.2 Å². The van der Waals surface area contributed by atoms with Crippen molar-refractivity contribution in [2.75, 3.05) is 26.3 Å². The highest BCUT2D eigenvalue weighted by molar-refractivity contribution is 6.30. The number of ether oxygens (including phenoxy) is 1. The van der Waals surface area contributed by atoms with E-state index in [0.717, 1.165) is 44.2 Å². The van der Waals surface area contributed by atoms with Gasteiger partial charge in [0.25, 0.3) is 0 Å². The number of benzene rings is 1. The van der Waals surface area contributed by atoms with Crippen LogP contribution in [0.5, 0.6) is 0 Å². The van der Waals surface area contributed by atoms with E-state index in [1.165, 1.54) is 12.0 Å². The van der Waals surface area contributed by atoms with Crippen LogP contribution in [-0.2, 0) is 11.2 Å². The Morgan fingerprint density at radius 3 is 2.76 bits per heavy atom. The van der Waals surface area contributed by atoms with Crippen LogP contribution in [0.15, 0.2) is 24.3 Å². The lowest BCUT2D eigenvalue weighted by Crippen LogP contribution is -2.26. The molecule has 1 aromatic rings. The maximum atomic E-state index is 6.08. The van der Waals surface area contributed by atoms with E-state index in [4.69, 9.17) is 16.3 Å². The lowest BCUT2D eigenvalue weighted by Gasteiger charge is -2.18. The van der Waals surface area contributed by atoms with E-state index in [2.05, 4.69) is 38.2 Å². The Morgan fingerprint density at radius 1 is 1.29 bits per heavy atom. The van der Waals surface area contributed by atoms with E-state index in [1.807, 2.05) is 12.1 Å². The highest BCUT2D eigenvalue weighted by Gasteiger charge is 2.10. The van der Waals surface area contributed by atoms with Crippen LogP contribution in [0.3, 0.4) is 0 Å².